The van der Waals surface area contributed by atoms with Crippen molar-refractivity contribution < 1.29 is 4.79 Å². The zero-order chi connectivity index (χ0) is 20.2. The summed E-state index contributed by atoms with van der Waals surface area (Å²) in [5.41, 5.74) is 1.79. The third-order valence-electron chi connectivity index (χ3n) is 4.14. The number of rotatable bonds is 7. The molecule has 1 aromatic carbocycles. The second-order valence-electron chi connectivity index (χ2n) is 6.18. The van der Waals surface area contributed by atoms with Gasteiger partial charge in [0.2, 0.25) is 5.91 Å². The Bertz CT molecular complexity index is 1120. The van der Waals surface area contributed by atoms with E-state index < -0.39 is 0 Å². The van der Waals surface area contributed by atoms with E-state index in [1.807, 2.05) is 47.9 Å². The van der Waals surface area contributed by atoms with Crippen LogP contribution in [0.2, 0.25) is 0 Å². The second kappa shape index (κ2) is 8.54. The maximum atomic E-state index is 12.7. The third kappa shape index (κ3) is 4.20. The summed E-state index contributed by atoms with van der Waals surface area (Å²) >= 11 is 2.81. The smallest absolute Gasteiger partial charge is 0.239 e. The molecule has 0 saturated heterocycles. The quantitative estimate of drug-likeness (QED) is 0.354. The molecule has 0 spiro atoms. The van der Waals surface area contributed by atoms with Crippen molar-refractivity contribution in [2.24, 2.45) is 0 Å². The number of anilines is 1. The van der Waals surface area contributed by atoms with Crippen molar-refractivity contribution >= 4 is 44.4 Å². The molecular weight excluding hydrogens is 404 g/mol. The van der Waals surface area contributed by atoms with Crippen molar-refractivity contribution in [1.82, 2.24) is 24.7 Å². The van der Waals surface area contributed by atoms with E-state index in [1.165, 1.54) is 23.1 Å². The van der Waals surface area contributed by atoms with E-state index in [-0.39, 0.29) is 11.2 Å². The fraction of sp³-hybridized carbons (Fsp3) is 0.150. The number of carbonyl (C=O) groups excluding carboxylic acids is 1. The van der Waals surface area contributed by atoms with Crippen LogP contribution < -0.4 is 5.32 Å². The van der Waals surface area contributed by atoms with Crippen molar-refractivity contribution in [3.8, 4) is 11.4 Å². The first-order valence-electron chi connectivity index (χ1n) is 8.93. The number of thioether (sulfide) groups is 1. The molecule has 0 radical (unpaired) electrons. The number of benzene rings is 1. The Morgan fingerprint density at radius 1 is 1.28 bits per heavy atom. The van der Waals surface area contributed by atoms with Crippen LogP contribution >= 0.6 is 23.1 Å². The summed E-state index contributed by atoms with van der Waals surface area (Å²) in [6, 6.07) is 11.6. The van der Waals surface area contributed by atoms with Gasteiger partial charge in [-0.3, -0.25) is 14.3 Å². The summed E-state index contributed by atoms with van der Waals surface area (Å²) in [4.78, 5) is 21.2. The van der Waals surface area contributed by atoms with Crippen molar-refractivity contribution in [3.05, 3.63) is 61.4 Å². The molecule has 0 aliphatic rings. The number of amides is 1. The molecule has 3 aromatic heterocycles. The highest BCUT2D eigenvalue weighted by molar-refractivity contribution is 8.00. The summed E-state index contributed by atoms with van der Waals surface area (Å²) < 4.78 is 2.98. The van der Waals surface area contributed by atoms with Gasteiger partial charge < -0.3 is 5.32 Å². The highest BCUT2D eigenvalue weighted by Gasteiger charge is 2.21. The van der Waals surface area contributed by atoms with Crippen LogP contribution in [-0.4, -0.2) is 35.9 Å². The maximum absolute atomic E-state index is 12.7. The molecule has 1 amide bonds. The number of hydrogen-bond acceptors (Lipinski definition) is 7. The number of para-hydroxylation sites is 1. The highest BCUT2D eigenvalue weighted by Crippen LogP contribution is 2.29. The standard InChI is InChI=1S/C20H18N6OS2/c1-3-12-26-17(14-8-10-21-11-9-14)24-25-20(26)28-13(2)18(27)23-19-22-15-6-4-5-7-16(15)29-19/h3-11,13H,1,12H2,2H3,(H,22,23,27)/t13-/m0/s1. The molecule has 1 atom stereocenters. The molecule has 0 saturated carbocycles. The number of nitrogens with one attached hydrogen (secondary N) is 1. The lowest BCUT2D eigenvalue weighted by molar-refractivity contribution is -0.115. The number of thiazole rings is 1. The first kappa shape index (κ1) is 19.3. The van der Waals surface area contributed by atoms with Gasteiger partial charge in [0.25, 0.3) is 0 Å². The number of allylic oxidation sites excluding steroid dienone is 1. The lowest BCUT2D eigenvalue weighted by atomic mass is 10.2. The van der Waals surface area contributed by atoms with Gasteiger partial charge in [0.15, 0.2) is 16.1 Å². The molecule has 146 valence electrons. The summed E-state index contributed by atoms with van der Waals surface area (Å²) in [6.45, 7) is 6.20. The van der Waals surface area contributed by atoms with E-state index in [9.17, 15) is 4.79 Å². The lowest BCUT2D eigenvalue weighted by Crippen LogP contribution is -2.22. The van der Waals surface area contributed by atoms with E-state index >= 15 is 0 Å². The Morgan fingerprint density at radius 2 is 2.07 bits per heavy atom. The van der Waals surface area contributed by atoms with Gasteiger partial charge in [-0.25, -0.2) is 4.98 Å². The minimum Gasteiger partial charge on any atom is -0.301 e. The molecule has 29 heavy (non-hydrogen) atoms. The molecule has 0 unspecified atom stereocenters. The first-order valence-corrected chi connectivity index (χ1v) is 10.6. The van der Waals surface area contributed by atoms with Crippen molar-refractivity contribution in [1.29, 1.82) is 0 Å². The normalized spacial score (nSPS) is 12.0. The highest BCUT2D eigenvalue weighted by atomic mass is 32.2. The minimum absolute atomic E-state index is 0.132. The van der Waals surface area contributed by atoms with Crippen LogP contribution in [0.1, 0.15) is 6.92 Å². The molecule has 9 heteroatoms. The molecular formula is C20H18N6OS2. The number of carbonyl (C=O) groups is 1. The van der Waals surface area contributed by atoms with Crippen LogP contribution in [-0.2, 0) is 11.3 Å². The second-order valence-corrected chi connectivity index (χ2v) is 8.52. The Kier molecular flexibility index (Phi) is 5.68. The Balaban J connectivity index is 1.51. The van der Waals surface area contributed by atoms with Gasteiger partial charge in [-0.1, -0.05) is 41.3 Å². The van der Waals surface area contributed by atoms with Crippen molar-refractivity contribution in [2.75, 3.05) is 5.32 Å². The van der Waals surface area contributed by atoms with Crippen LogP contribution in [0.5, 0.6) is 0 Å². The number of pyridine rings is 1. The Morgan fingerprint density at radius 3 is 2.83 bits per heavy atom. The molecule has 1 N–H and O–H groups in total. The van der Waals surface area contributed by atoms with E-state index in [2.05, 4.69) is 32.1 Å². The number of nitrogens with zero attached hydrogens (tertiary/aromatic N) is 5. The molecule has 0 aliphatic heterocycles. The maximum Gasteiger partial charge on any atom is 0.239 e. The van der Waals surface area contributed by atoms with Crippen LogP contribution in [0.25, 0.3) is 21.6 Å². The molecule has 0 fully saturated rings. The minimum atomic E-state index is -0.375. The van der Waals surface area contributed by atoms with E-state index in [0.29, 0.717) is 22.7 Å². The predicted octanol–water partition coefficient (Wildman–Crippen LogP) is 4.26. The fourth-order valence-electron chi connectivity index (χ4n) is 2.73. The Hall–Kier alpha value is -3.04. The largest absolute Gasteiger partial charge is 0.301 e. The number of aromatic nitrogens is 5. The van der Waals surface area contributed by atoms with Gasteiger partial charge in [0.1, 0.15) is 0 Å². The Labute approximate surface area is 175 Å². The average molecular weight is 423 g/mol. The summed E-state index contributed by atoms with van der Waals surface area (Å²) in [5, 5.41) is 12.4. The first-order chi connectivity index (χ1) is 14.2. The van der Waals surface area contributed by atoms with Crippen LogP contribution in [0.15, 0.2) is 66.6 Å². The summed E-state index contributed by atoms with van der Waals surface area (Å²) in [6.07, 6.45) is 5.20. The molecule has 7 nitrogen and oxygen atoms in total. The number of hydrogen-bond donors (Lipinski definition) is 1. The van der Waals surface area contributed by atoms with Crippen LogP contribution in [0.4, 0.5) is 5.13 Å². The van der Waals surface area contributed by atoms with Gasteiger partial charge in [0, 0.05) is 24.5 Å². The number of fused-ring (bicyclic) bond motifs is 1. The van der Waals surface area contributed by atoms with Crippen molar-refractivity contribution in [3.63, 3.8) is 0 Å². The molecule has 4 rings (SSSR count). The van der Waals surface area contributed by atoms with E-state index in [0.717, 1.165) is 15.8 Å². The molecule has 3 heterocycles. The SMILES string of the molecule is C=CCn1c(S[C@@H](C)C(=O)Nc2nc3ccccc3s2)nnc1-c1ccncc1. The van der Waals surface area contributed by atoms with Gasteiger partial charge >= 0.3 is 0 Å². The van der Waals surface area contributed by atoms with Gasteiger partial charge in [-0.15, -0.1) is 16.8 Å². The lowest BCUT2D eigenvalue weighted by Gasteiger charge is -2.11. The van der Waals surface area contributed by atoms with Crippen LogP contribution in [0, 0.1) is 0 Å². The van der Waals surface area contributed by atoms with E-state index in [4.69, 9.17) is 0 Å². The van der Waals surface area contributed by atoms with Gasteiger partial charge in [-0.2, -0.15) is 0 Å². The topological polar surface area (TPSA) is 85.6 Å². The summed E-state index contributed by atoms with van der Waals surface area (Å²) in [5.74, 6) is 0.584. The predicted molar refractivity (Wildman–Crippen MR) is 117 cm³/mol. The van der Waals surface area contributed by atoms with Crippen molar-refractivity contribution in [2.45, 2.75) is 23.9 Å². The van der Waals surface area contributed by atoms with Gasteiger partial charge in [-0.05, 0) is 31.2 Å². The van der Waals surface area contributed by atoms with Gasteiger partial charge in [0.05, 0.1) is 15.5 Å². The van der Waals surface area contributed by atoms with Crippen LogP contribution in [0.3, 0.4) is 0 Å². The fourth-order valence-corrected chi connectivity index (χ4v) is 4.46. The molecule has 4 aromatic rings. The zero-order valence-corrected chi connectivity index (χ0v) is 17.3. The zero-order valence-electron chi connectivity index (χ0n) is 15.6. The third-order valence-corrected chi connectivity index (χ3v) is 6.17. The molecule has 0 bridgehead atoms. The monoisotopic (exact) mass is 422 g/mol. The van der Waals surface area contributed by atoms with E-state index in [1.54, 1.807) is 18.5 Å². The molecule has 0 aliphatic carbocycles. The average Bonchev–Trinajstić information content (AvgIpc) is 3.32. The summed E-state index contributed by atoms with van der Waals surface area (Å²) in [7, 11) is 0.